The first-order valence-corrected chi connectivity index (χ1v) is 5.84. The number of carbonyl (C=O) groups is 1. The molecule has 3 nitrogen and oxygen atoms in total. The standard InChI is InChI=1S/C12H15ClN2O/c13-11-4-2-1-3-10(11)8-15-12(16)5-9-6-14-7-9/h1-4,9,14H,5-8H2,(H,15,16). The van der Waals surface area contributed by atoms with Crippen LogP contribution in [0.2, 0.25) is 5.02 Å². The molecule has 16 heavy (non-hydrogen) atoms. The van der Waals surface area contributed by atoms with E-state index in [2.05, 4.69) is 10.6 Å². The first kappa shape index (κ1) is 11.4. The average Bonchev–Trinajstić information content (AvgIpc) is 2.22. The van der Waals surface area contributed by atoms with E-state index in [4.69, 9.17) is 11.6 Å². The summed E-state index contributed by atoms with van der Waals surface area (Å²) in [7, 11) is 0. The number of hydrogen-bond acceptors (Lipinski definition) is 2. The van der Waals surface area contributed by atoms with E-state index in [9.17, 15) is 4.79 Å². The van der Waals surface area contributed by atoms with Crippen molar-refractivity contribution in [1.82, 2.24) is 10.6 Å². The molecule has 0 bridgehead atoms. The van der Waals surface area contributed by atoms with Crippen LogP contribution in [0.3, 0.4) is 0 Å². The molecule has 2 rings (SSSR count). The summed E-state index contributed by atoms with van der Waals surface area (Å²) in [6.45, 7) is 2.43. The van der Waals surface area contributed by atoms with Crippen LogP contribution in [-0.2, 0) is 11.3 Å². The van der Waals surface area contributed by atoms with Crippen molar-refractivity contribution < 1.29 is 4.79 Å². The molecule has 0 radical (unpaired) electrons. The third kappa shape index (κ3) is 2.97. The van der Waals surface area contributed by atoms with Crippen molar-refractivity contribution in [2.24, 2.45) is 5.92 Å². The van der Waals surface area contributed by atoms with E-state index in [1.165, 1.54) is 0 Å². The summed E-state index contributed by atoms with van der Waals surface area (Å²) in [5.41, 5.74) is 0.962. The fraction of sp³-hybridized carbons (Fsp3) is 0.417. The zero-order valence-electron chi connectivity index (χ0n) is 9.00. The minimum Gasteiger partial charge on any atom is -0.352 e. The highest BCUT2D eigenvalue weighted by Crippen LogP contribution is 2.14. The Kier molecular flexibility index (Phi) is 3.80. The molecule has 0 saturated carbocycles. The van der Waals surface area contributed by atoms with Crippen molar-refractivity contribution in [1.29, 1.82) is 0 Å². The third-order valence-corrected chi connectivity index (χ3v) is 3.14. The number of hydrogen-bond donors (Lipinski definition) is 2. The van der Waals surface area contributed by atoms with E-state index in [-0.39, 0.29) is 5.91 Å². The van der Waals surface area contributed by atoms with Crippen LogP contribution < -0.4 is 10.6 Å². The monoisotopic (exact) mass is 238 g/mol. The normalized spacial score (nSPS) is 15.6. The van der Waals surface area contributed by atoms with Crippen LogP contribution in [0, 0.1) is 5.92 Å². The first-order chi connectivity index (χ1) is 7.75. The molecule has 0 aliphatic carbocycles. The van der Waals surface area contributed by atoms with Crippen molar-refractivity contribution in [2.75, 3.05) is 13.1 Å². The van der Waals surface area contributed by atoms with E-state index in [0.29, 0.717) is 23.9 Å². The molecular weight excluding hydrogens is 224 g/mol. The molecule has 0 atom stereocenters. The number of rotatable bonds is 4. The molecule has 1 aliphatic heterocycles. The van der Waals surface area contributed by atoms with Crippen LogP contribution in [0.1, 0.15) is 12.0 Å². The van der Waals surface area contributed by atoms with Gasteiger partial charge in [-0.3, -0.25) is 4.79 Å². The Morgan fingerprint density at radius 3 is 2.81 bits per heavy atom. The highest BCUT2D eigenvalue weighted by Gasteiger charge is 2.19. The molecule has 1 aromatic carbocycles. The molecule has 0 unspecified atom stereocenters. The summed E-state index contributed by atoms with van der Waals surface area (Å²) in [6.07, 6.45) is 0.609. The first-order valence-electron chi connectivity index (χ1n) is 5.46. The van der Waals surface area contributed by atoms with Gasteiger partial charge >= 0.3 is 0 Å². The summed E-state index contributed by atoms with van der Waals surface area (Å²) in [5, 5.41) is 6.74. The summed E-state index contributed by atoms with van der Waals surface area (Å²) >= 11 is 5.99. The van der Waals surface area contributed by atoms with Crippen molar-refractivity contribution in [3.8, 4) is 0 Å². The predicted molar refractivity (Wildman–Crippen MR) is 64.3 cm³/mol. The van der Waals surface area contributed by atoms with Gasteiger partial charge in [0.15, 0.2) is 0 Å². The maximum absolute atomic E-state index is 11.5. The lowest BCUT2D eigenvalue weighted by Gasteiger charge is -2.26. The maximum atomic E-state index is 11.5. The van der Waals surface area contributed by atoms with E-state index in [1.54, 1.807) is 0 Å². The van der Waals surface area contributed by atoms with Crippen LogP contribution in [0.4, 0.5) is 0 Å². The molecule has 2 N–H and O–H groups in total. The Labute approximate surface area is 100 Å². The summed E-state index contributed by atoms with van der Waals surface area (Å²) < 4.78 is 0. The average molecular weight is 239 g/mol. The Morgan fingerprint density at radius 2 is 2.19 bits per heavy atom. The lowest BCUT2D eigenvalue weighted by Crippen LogP contribution is -2.44. The number of carbonyl (C=O) groups excluding carboxylic acids is 1. The third-order valence-electron chi connectivity index (χ3n) is 2.77. The topological polar surface area (TPSA) is 41.1 Å². The molecule has 1 fully saturated rings. The van der Waals surface area contributed by atoms with Crippen molar-refractivity contribution in [3.05, 3.63) is 34.9 Å². The van der Waals surface area contributed by atoms with E-state index in [1.807, 2.05) is 24.3 Å². The van der Waals surface area contributed by atoms with Gasteiger partial charge in [-0.15, -0.1) is 0 Å². The van der Waals surface area contributed by atoms with Crippen molar-refractivity contribution in [3.63, 3.8) is 0 Å². The molecule has 1 saturated heterocycles. The lowest BCUT2D eigenvalue weighted by molar-refractivity contribution is -0.122. The fourth-order valence-corrected chi connectivity index (χ4v) is 1.87. The molecule has 86 valence electrons. The summed E-state index contributed by atoms with van der Waals surface area (Å²) in [4.78, 5) is 11.5. The molecule has 1 aliphatic rings. The van der Waals surface area contributed by atoms with Gasteiger partial charge in [-0.2, -0.15) is 0 Å². The molecule has 1 aromatic rings. The highest BCUT2D eigenvalue weighted by molar-refractivity contribution is 6.31. The second-order valence-electron chi connectivity index (χ2n) is 4.10. The highest BCUT2D eigenvalue weighted by atomic mass is 35.5. The second kappa shape index (κ2) is 5.32. The molecule has 0 spiro atoms. The van der Waals surface area contributed by atoms with Gasteiger partial charge in [0.2, 0.25) is 5.91 Å². The Morgan fingerprint density at radius 1 is 1.44 bits per heavy atom. The Bertz CT molecular complexity index is 377. The molecule has 1 amide bonds. The second-order valence-corrected chi connectivity index (χ2v) is 4.50. The quantitative estimate of drug-likeness (QED) is 0.836. The van der Waals surface area contributed by atoms with Crippen LogP contribution in [0.15, 0.2) is 24.3 Å². The van der Waals surface area contributed by atoms with E-state index >= 15 is 0 Å². The summed E-state index contributed by atoms with van der Waals surface area (Å²) in [5.74, 6) is 0.609. The minimum atomic E-state index is 0.103. The zero-order valence-corrected chi connectivity index (χ0v) is 9.76. The summed E-state index contributed by atoms with van der Waals surface area (Å²) in [6, 6.07) is 7.56. The van der Waals surface area contributed by atoms with Crippen LogP contribution in [0.25, 0.3) is 0 Å². The molecular formula is C12H15ClN2O. The number of halogens is 1. The Balaban J connectivity index is 1.78. The van der Waals surface area contributed by atoms with Crippen LogP contribution in [-0.4, -0.2) is 19.0 Å². The predicted octanol–water partition coefficient (Wildman–Crippen LogP) is 1.57. The smallest absolute Gasteiger partial charge is 0.220 e. The van der Waals surface area contributed by atoms with E-state index < -0.39 is 0 Å². The van der Waals surface area contributed by atoms with Gasteiger partial charge in [0.1, 0.15) is 0 Å². The number of nitrogens with one attached hydrogen (secondary N) is 2. The van der Waals surface area contributed by atoms with Gasteiger partial charge in [-0.05, 0) is 30.6 Å². The molecule has 1 heterocycles. The van der Waals surface area contributed by atoms with Gasteiger partial charge in [0.25, 0.3) is 0 Å². The van der Waals surface area contributed by atoms with Gasteiger partial charge in [-0.1, -0.05) is 29.8 Å². The van der Waals surface area contributed by atoms with Gasteiger partial charge in [0, 0.05) is 18.0 Å². The number of benzene rings is 1. The van der Waals surface area contributed by atoms with Crippen molar-refractivity contribution >= 4 is 17.5 Å². The maximum Gasteiger partial charge on any atom is 0.220 e. The van der Waals surface area contributed by atoms with Gasteiger partial charge in [-0.25, -0.2) is 0 Å². The van der Waals surface area contributed by atoms with Crippen LogP contribution in [0.5, 0.6) is 0 Å². The molecule has 4 heteroatoms. The molecule has 0 aromatic heterocycles. The van der Waals surface area contributed by atoms with Gasteiger partial charge in [0.05, 0.1) is 0 Å². The van der Waals surface area contributed by atoms with Crippen LogP contribution >= 0.6 is 11.6 Å². The Hall–Kier alpha value is -1.06. The van der Waals surface area contributed by atoms with Gasteiger partial charge < -0.3 is 10.6 Å². The lowest BCUT2D eigenvalue weighted by atomic mass is 9.99. The zero-order chi connectivity index (χ0) is 11.4. The minimum absolute atomic E-state index is 0.103. The largest absolute Gasteiger partial charge is 0.352 e. The van der Waals surface area contributed by atoms with E-state index in [0.717, 1.165) is 18.7 Å². The SMILES string of the molecule is O=C(CC1CNC1)NCc1ccccc1Cl. The fourth-order valence-electron chi connectivity index (χ4n) is 1.66. The van der Waals surface area contributed by atoms with Crippen molar-refractivity contribution in [2.45, 2.75) is 13.0 Å². The number of amides is 1.